The zero-order chi connectivity index (χ0) is 13.8. The molecule has 18 heavy (non-hydrogen) atoms. The van der Waals surface area contributed by atoms with Crippen molar-refractivity contribution in [2.75, 3.05) is 6.54 Å². The molecule has 0 fully saturated rings. The summed E-state index contributed by atoms with van der Waals surface area (Å²) in [6.45, 7) is 13.9. The van der Waals surface area contributed by atoms with E-state index in [-0.39, 0.29) is 11.5 Å². The molecule has 1 rings (SSSR count). The Kier molecular flexibility index (Phi) is 5.21. The summed E-state index contributed by atoms with van der Waals surface area (Å²) < 4.78 is 5.87. The third-order valence-electron chi connectivity index (χ3n) is 2.87. The van der Waals surface area contributed by atoms with Crippen molar-refractivity contribution in [1.82, 2.24) is 5.32 Å². The van der Waals surface area contributed by atoms with Crippen LogP contribution in [0.2, 0.25) is 0 Å². The molecule has 0 spiro atoms. The molecule has 2 nitrogen and oxygen atoms in total. The van der Waals surface area contributed by atoms with Gasteiger partial charge in [-0.2, -0.15) is 0 Å². The Morgan fingerprint density at radius 1 is 1.06 bits per heavy atom. The summed E-state index contributed by atoms with van der Waals surface area (Å²) in [5.41, 5.74) is 1.53. The zero-order valence-corrected chi connectivity index (χ0v) is 12.6. The molecule has 0 aliphatic rings. The first-order valence-electron chi connectivity index (χ1n) is 6.79. The highest BCUT2D eigenvalue weighted by atomic mass is 16.5. The second kappa shape index (κ2) is 6.24. The van der Waals surface area contributed by atoms with Gasteiger partial charge in [-0.05, 0) is 30.0 Å². The van der Waals surface area contributed by atoms with Crippen molar-refractivity contribution in [2.45, 2.75) is 59.1 Å². The van der Waals surface area contributed by atoms with Gasteiger partial charge >= 0.3 is 0 Å². The lowest BCUT2D eigenvalue weighted by Crippen LogP contribution is -2.33. The fraction of sp³-hybridized carbons (Fsp3) is 0.625. The summed E-state index contributed by atoms with van der Waals surface area (Å²) in [4.78, 5) is 0. The molecule has 2 heteroatoms. The Balaban J connectivity index is 2.53. The molecular weight excluding hydrogens is 222 g/mol. The maximum absolute atomic E-state index is 5.87. The van der Waals surface area contributed by atoms with Gasteiger partial charge < -0.3 is 10.1 Å². The highest BCUT2D eigenvalue weighted by Crippen LogP contribution is 2.24. The molecule has 0 aliphatic carbocycles. The van der Waals surface area contributed by atoms with E-state index < -0.39 is 0 Å². The number of benzene rings is 1. The number of rotatable bonds is 5. The molecule has 1 atom stereocenters. The SMILES string of the molecule is CC(C)NCC(C)Oc1ccc(C(C)(C)C)cc1. The van der Waals surface area contributed by atoms with E-state index in [2.05, 4.69) is 71.1 Å². The van der Waals surface area contributed by atoms with E-state index in [0.29, 0.717) is 6.04 Å². The van der Waals surface area contributed by atoms with Crippen LogP contribution in [0.3, 0.4) is 0 Å². The molecule has 1 N–H and O–H groups in total. The minimum Gasteiger partial charge on any atom is -0.489 e. The Labute approximate surface area is 112 Å². The van der Waals surface area contributed by atoms with Gasteiger partial charge in [0.1, 0.15) is 11.9 Å². The molecule has 1 aromatic carbocycles. The molecule has 0 bridgehead atoms. The minimum absolute atomic E-state index is 0.188. The van der Waals surface area contributed by atoms with Crippen LogP contribution in [-0.2, 0) is 5.41 Å². The zero-order valence-electron chi connectivity index (χ0n) is 12.6. The molecular formula is C16H27NO. The Morgan fingerprint density at radius 2 is 1.61 bits per heavy atom. The normalized spacial score (nSPS) is 13.7. The third kappa shape index (κ3) is 5.09. The Morgan fingerprint density at radius 3 is 2.06 bits per heavy atom. The molecule has 0 saturated heterocycles. The Bertz CT molecular complexity index is 348. The van der Waals surface area contributed by atoms with Gasteiger partial charge in [0.15, 0.2) is 0 Å². The topological polar surface area (TPSA) is 21.3 Å². The van der Waals surface area contributed by atoms with Crippen molar-refractivity contribution < 1.29 is 4.74 Å². The van der Waals surface area contributed by atoms with Gasteiger partial charge in [0.2, 0.25) is 0 Å². The number of nitrogens with one attached hydrogen (secondary N) is 1. The lowest BCUT2D eigenvalue weighted by molar-refractivity contribution is 0.213. The first-order valence-corrected chi connectivity index (χ1v) is 6.79. The van der Waals surface area contributed by atoms with Crippen molar-refractivity contribution >= 4 is 0 Å². The first kappa shape index (κ1) is 15.0. The van der Waals surface area contributed by atoms with Gasteiger partial charge in [-0.25, -0.2) is 0 Å². The van der Waals surface area contributed by atoms with Gasteiger partial charge in [0, 0.05) is 12.6 Å². The van der Waals surface area contributed by atoms with E-state index in [1.807, 2.05) is 0 Å². The van der Waals surface area contributed by atoms with Crippen LogP contribution in [0.5, 0.6) is 5.75 Å². The van der Waals surface area contributed by atoms with E-state index in [9.17, 15) is 0 Å². The molecule has 0 radical (unpaired) electrons. The van der Waals surface area contributed by atoms with Crippen LogP contribution in [0, 0.1) is 0 Å². The van der Waals surface area contributed by atoms with Gasteiger partial charge in [-0.1, -0.05) is 46.8 Å². The summed E-state index contributed by atoms with van der Waals surface area (Å²) in [7, 11) is 0. The predicted octanol–water partition coefficient (Wildman–Crippen LogP) is 3.75. The highest BCUT2D eigenvalue weighted by Gasteiger charge is 2.13. The molecule has 0 aliphatic heterocycles. The van der Waals surface area contributed by atoms with E-state index >= 15 is 0 Å². The average molecular weight is 249 g/mol. The maximum Gasteiger partial charge on any atom is 0.119 e. The number of hydrogen-bond donors (Lipinski definition) is 1. The van der Waals surface area contributed by atoms with Crippen LogP contribution in [0.4, 0.5) is 0 Å². The lowest BCUT2D eigenvalue weighted by atomic mass is 9.87. The number of hydrogen-bond acceptors (Lipinski definition) is 2. The minimum atomic E-state index is 0.188. The molecule has 0 amide bonds. The van der Waals surface area contributed by atoms with Crippen LogP contribution >= 0.6 is 0 Å². The fourth-order valence-electron chi connectivity index (χ4n) is 1.71. The van der Waals surface area contributed by atoms with E-state index in [0.717, 1.165) is 12.3 Å². The third-order valence-corrected chi connectivity index (χ3v) is 2.87. The van der Waals surface area contributed by atoms with Crippen LogP contribution < -0.4 is 10.1 Å². The second-order valence-corrected chi connectivity index (χ2v) is 6.27. The van der Waals surface area contributed by atoms with Crippen LogP contribution in [-0.4, -0.2) is 18.7 Å². The summed E-state index contributed by atoms with van der Waals surface area (Å²) >= 11 is 0. The quantitative estimate of drug-likeness (QED) is 0.858. The van der Waals surface area contributed by atoms with Crippen LogP contribution in [0.1, 0.15) is 47.1 Å². The summed E-state index contributed by atoms with van der Waals surface area (Å²) in [5.74, 6) is 0.945. The van der Waals surface area contributed by atoms with Crippen molar-refractivity contribution in [3.63, 3.8) is 0 Å². The van der Waals surface area contributed by atoms with E-state index in [1.54, 1.807) is 0 Å². The van der Waals surface area contributed by atoms with Crippen molar-refractivity contribution in [3.05, 3.63) is 29.8 Å². The van der Waals surface area contributed by atoms with E-state index in [4.69, 9.17) is 4.74 Å². The molecule has 1 aromatic rings. The second-order valence-electron chi connectivity index (χ2n) is 6.27. The van der Waals surface area contributed by atoms with Gasteiger partial charge in [0.25, 0.3) is 0 Å². The summed E-state index contributed by atoms with van der Waals surface area (Å²) in [6.07, 6.45) is 0.188. The van der Waals surface area contributed by atoms with Gasteiger partial charge in [-0.3, -0.25) is 0 Å². The molecule has 102 valence electrons. The van der Waals surface area contributed by atoms with Gasteiger partial charge in [0.05, 0.1) is 0 Å². The average Bonchev–Trinajstić information content (AvgIpc) is 2.26. The van der Waals surface area contributed by atoms with E-state index in [1.165, 1.54) is 5.56 Å². The maximum atomic E-state index is 5.87. The predicted molar refractivity (Wildman–Crippen MR) is 78.4 cm³/mol. The summed E-state index contributed by atoms with van der Waals surface area (Å²) in [6, 6.07) is 8.92. The first-order chi connectivity index (χ1) is 8.29. The number of ether oxygens (including phenoxy) is 1. The standard InChI is InChI=1S/C16H27NO/c1-12(2)17-11-13(3)18-15-9-7-14(8-10-15)16(4,5)6/h7-10,12-13,17H,11H2,1-6H3. The van der Waals surface area contributed by atoms with Crippen molar-refractivity contribution in [3.8, 4) is 5.75 Å². The van der Waals surface area contributed by atoms with Crippen LogP contribution in [0.25, 0.3) is 0 Å². The van der Waals surface area contributed by atoms with Crippen molar-refractivity contribution in [1.29, 1.82) is 0 Å². The monoisotopic (exact) mass is 249 g/mol. The molecule has 0 saturated carbocycles. The summed E-state index contributed by atoms with van der Waals surface area (Å²) in [5, 5.41) is 3.38. The highest BCUT2D eigenvalue weighted by molar-refractivity contribution is 5.31. The Hall–Kier alpha value is -1.02. The largest absolute Gasteiger partial charge is 0.489 e. The van der Waals surface area contributed by atoms with Crippen molar-refractivity contribution in [2.24, 2.45) is 0 Å². The lowest BCUT2D eigenvalue weighted by Gasteiger charge is -2.20. The molecule has 1 unspecified atom stereocenters. The fourth-order valence-corrected chi connectivity index (χ4v) is 1.71. The molecule has 0 heterocycles. The molecule has 0 aromatic heterocycles. The van der Waals surface area contributed by atoms with Crippen LogP contribution in [0.15, 0.2) is 24.3 Å². The van der Waals surface area contributed by atoms with Gasteiger partial charge in [-0.15, -0.1) is 0 Å². The smallest absolute Gasteiger partial charge is 0.119 e.